The predicted molar refractivity (Wildman–Crippen MR) is 137 cm³/mol. The Balaban J connectivity index is 1.20. The molecule has 2 aliphatic heterocycles. The minimum absolute atomic E-state index is 0.208. The lowest BCUT2D eigenvalue weighted by Crippen LogP contribution is -2.35. The van der Waals surface area contributed by atoms with Crippen molar-refractivity contribution in [1.82, 2.24) is 14.9 Å². The first kappa shape index (κ1) is 22.2. The van der Waals surface area contributed by atoms with Crippen molar-refractivity contribution in [2.45, 2.75) is 30.8 Å². The Labute approximate surface area is 212 Å². The van der Waals surface area contributed by atoms with Crippen LogP contribution in [0.1, 0.15) is 34.3 Å². The molecule has 0 bridgehead atoms. The molecule has 2 aromatic carbocycles. The van der Waals surface area contributed by atoms with Crippen LogP contribution < -0.4 is 10.2 Å². The Bertz CT molecular complexity index is 1260. The third-order valence-corrected chi connectivity index (χ3v) is 8.12. The fourth-order valence-electron chi connectivity index (χ4n) is 4.57. The first-order valence-electron chi connectivity index (χ1n) is 11.4. The topological polar surface area (TPSA) is 61.4 Å². The van der Waals surface area contributed by atoms with Crippen LogP contribution in [0.15, 0.2) is 47.6 Å². The number of rotatable bonds is 5. The average Bonchev–Trinajstić information content (AvgIpc) is 3.64. The van der Waals surface area contributed by atoms with Gasteiger partial charge in [-0.05, 0) is 60.6 Å². The van der Waals surface area contributed by atoms with E-state index in [-0.39, 0.29) is 5.91 Å². The molecule has 0 radical (unpaired) electrons. The molecule has 1 saturated carbocycles. The standard InChI is InChI=1S/C25H23Cl2N5OS/c26-20-2-1-3-21(27)22(20)32-14-34-23-19(24(32)33)11-28-25(30-23)29-18-7-6-16-8-9-31(12-15-4-5-15)13-17(16)10-18/h1-3,6-7,10-11,15H,4-5,8-9,12-14H2,(H,28,29,30). The lowest BCUT2D eigenvalue weighted by molar-refractivity contribution is 0.0985. The number of para-hydroxylation sites is 1. The first-order chi connectivity index (χ1) is 16.5. The van der Waals surface area contributed by atoms with Crippen LogP contribution in [0.4, 0.5) is 17.3 Å². The van der Waals surface area contributed by atoms with Crippen LogP contribution in [0, 0.1) is 5.92 Å². The summed E-state index contributed by atoms with van der Waals surface area (Å²) in [6, 6.07) is 11.7. The van der Waals surface area contributed by atoms with Crippen molar-refractivity contribution in [3.05, 3.63) is 69.3 Å². The van der Waals surface area contributed by atoms with Crippen molar-refractivity contribution < 1.29 is 4.79 Å². The van der Waals surface area contributed by atoms with Crippen molar-refractivity contribution in [3.63, 3.8) is 0 Å². The minimum Gasteiger partial charge on any atom is -0.324 e. The van der Waals surface area contributed by atoms with Gasteiger partial charge in [-0.1, -0.05) is 47.1 Å². The third-order valence-electron chi connectivity index (χ3n) is 6.53. The van der Waals surface area contributed by atoms with Gasteiger partial charge in [0.15, 0.2) is 0 Å². The maximum atomic E-state index is 13.2. The number of anilines is 3. The molecule has 1 fully saturated rings. The molecule has 1 aromatic heterocycles. The van der Waals surface area contributed by atoms with E-state index in [4.69, 9.17) is 23.2 Å². The molecule has 0 saturated heterocycles. The second kappa shape index (κ2) is 9.04. The second-order valence-electron chi connectivity index (χ2n) is 9.03. The second-order valence-corrected chi connectivity index (χ2v) is 10.8. The van der Waals surface area contributed by atoms with Gasteiger partial charge in [0.2, 0.25) is 5.95 Å². The average molecular weight is 512 g/mol. The van der Waals surface area contributed by atoms with Gasteiger partial charge in [-0.3, -0.25) is 14.6 Å². The molecule has 1 N–H and O–H groups in total. The highest BCUT2D eigenvalue weighted by Gasteiger charge is 2.31. The number of carbonyl (C=O) groups is 1. The van der Waals surface area contributed by atoms with Crippen LogP contribution in [0.3, 0.4) is 0 Å². The van der Waals surface area contributed by atoms with Crippen molar-refractivity contribution >= 4 is 58.2 Å². The Morgan fingerprint density at radius 1 is 1.12 bits per heavy atom. The van der Waals surface area contributed by atoms with Gasteiger partial charge < -0.3 is 5.32 Å². The van der Waals surface area contributed by atoms with E-state index < -0.39 is 0 Å². The van der Waals surface area contributed by atoms with E-state index in [1.165, 1.54) is 42.3 Å². The van der Waals surface area contributed by atoms with Gasteiger partial charge >= 0.3 is 0 Å². The molecule has 1 amide bonds. The number of hydrogen-bond donors (Lipinski definition) is 1. The summed E-state index contributed by atoms with van der Waals surface area (Å²) in [6.45, 7) is 3.36. The smallest absolute Gasteiger partial charge is 0.263 e. The summed E-state index contributed by atoms with van der Waals surface area (Å²) in [7, 11) is 0. The van der Waals surface area contributed by atoms with Gasteiger partial charge in [0.25, 0.3) is 5.91 Å². The van der Waals surface area contributed by atoms with E-state index in [1.807, 2.05) is 0 Å². The molecule has 3 aliphatic rings. The summed E-state index contributed by atoms with van der Waals surface area (Å²) >= 11 is 14.1. The number of aromatic nitrogens is 2. The summed E-state index contributed by atoms with van der Waals surface area (Å²) in [4.78, 5) is 26.3. The molecular weight excluding hydrogens is 489 g/mol. The van der Waals surface area contributed by atoms with E-state index in [2.05, 4.69) is 38.4 Å². The molecule has 3 aromatic rings. The van der Waals surface area contributed by atoms with E-state index >= 15 is 0 Å². The Hall–Kier alpha value is -2.32. The van der Waals surface area contributed by atoms with Gasteiger partial charge in [0.05, 0.1) is 27.2 Å². The van der Waals surface area contributed by atoms with Crippen LogP contribution >= 0.6 is 35.0 Å². The van der Waals surface area contributed by atoms with Gasteiger partial charge in [-0.15, -0.1) is 0 Å². The highest BCUT2D eigenvalue weighted by atomic mass is 35.5. The number of benzene rings is 2. The fourth-order valence-corrected chi connectivity index (χ4v) is 6.12. The molecule has 6 rings (SSSR count). The number of carbonyl (C=O) groups excluding carboxylic acids is 1. The molecule has 6 nitrogen and oxygen atoms in total. The van der Waals surface area contributed by atoms with Crippen LogP contribution in [-0.2, 0) is 13.0 Å². The molecule has 0 unspecified atom stereocenters. The zero-order valence-corrected chi connectivity index (χ0v) is 20.8. The summed E-state index contributed by atoms with van der Waals surface area (Å²) in [5.74, 6) is 1.55. The predicted octanol–water partition coefficient (Wildman–Crippen LogP) is 6.01. The summed E-state index contributed by atoms with van der Waals surface area (Å²) < 4.78 is 0. The third kappa shape index (κ3) is 4.38. The zero-order chi connectivity index (χ0) is 23.2. The van der Waals surface area contributed by atoms with E-state index in [0.29, 0.717) is 38.1 Å². The number of halogens is 2. The fraction of sp³-hybridized carbons (Fsp3) is 0.320. The minimum atomic E-state index is -0.208. The molecular formula is C25H23Cl2N5OS. The van der Waals surface area contributed by atoms with Crippen LogP contribution in [0.5, 0.6) is 0 Å². The van der Waals surface area contributed by atoms with Crippen LogP contribution in [0.2, 0.25) is 10.0 Å². The number of hydrogen-bond acceptors (Lipinski definition) is 6. The van der Waals surface area contributed by atoms with Gasteiger partial charge in [0.1, 0.15) is 5.03 Å². The lowest BCUT2D eigenvalue weighted by atomic mass is 9.99. The molecule has 0 atom stereocenters. The molecule has 1 aliphatic carbocycles. The molecule has 174 valence electrons. The largest absolute Gasteiger partial charge is 0.324 e. The molecule has 34 heavy (non-hydrogen) atoms. The quantitative estimate of drug-likeness (QED) is 0.423. The summed E-state index contributed by atoms with van der Waals surface area (Å²) in [5.41, 5.74) is 4.71. The number of nitrogens with zero attached hydrogens (tertiary/aromatic N) is 4. The van der Waals surface area contributed by atoms with Crippen molar-refractivity contribution in [3.8, 4) is 0 Å². The normalized spacial score (nSPS) is 17.9. The van der Waals surface area contributed by atoms with Crippen LogP contribution in [-0.4, -0.2) is 39.7 Å². The Kier molecular flexibility index (Phi) is 5.89. The van der Waals surface area contributed by atoms with E-state index in [1.54, 1.807) is 29.3 Å². The Morgan fingerprint density at radius 3 is 2.74 bits per heavy atom. The maximum absolute atomic E-state index is 13.2. The lowest BCUT2D eigenvalue weighted by Gasteiger charge is -2.29. The maximum Gasteiger partial charge on any atom is 0.263 e. The number of nitrogens with one attached hydrogen (secondary N) is 1. The highest BCUT2D eigenvalue weighted by molar-refractivity contribution is 7.99. The molecule has 3 heterocycles. The van der Waals surface area contributed by atoms with E-state index in [9.17, 15) is 4.79 Å². The summed E-state index contributed by atoms with van der Waals surface area (Å²) in [6.07, 6.45) is 5.43. The SMILES string of the molecule is O=C1c2cnc(Nc3ccc4c(c3)CN(CC3CC3)CC4)nc2SCN1c1c(Cl)cccc1Cl. The number of amides is 1. The van der Waals surface area contributed by atoms with E-state index in [0.717, 1.165) is 31.1 Å². The van der Waals surface area contributed by atoms with Crippen molar-refractivity contribution in [2.24, 2.45) is 5.92 Å². The van der Waals surface area contributed by atoms with Gasteiger partial charge in [-0.2, -0.15) is 0 Å². The Morgan fingerprint density at radius 2 is 1.94 bits per heavy atom. The van der Waals surface area contributed by atoms with Crippen LogP contribution in [0.25, 0.3) is 0 Å². The molecule has 0 spiro atoms. The van der Waals surface area contributed by atoms with Gasteiger partial charge in [0, 0.05) is 31.5 Å². The first-order valence-corrected chi connectivity index (χ1v) is 13.2. The summed E-state index contributed by atoms with van der Waals surface area (Å²) in [5, 5.41) is 4.85. The molecule has 9 heteroatoms. The van der Waals surface area contributed by atoms with Gasteiger partial charge in [-0.25, -0.2) is 9.97 Å². The zero-order valence-electron chi connectivity index (χ0n) is 18.4. The number of fused-ring (bicyclic) bond motifs is 2. The van der Waals surface area contributed by atoms with Crippen molar-refractivity contribution in [1.29, 1.82) is 0 Å². The number of thioether (sulfide) groups is 1. The monoisotopic (exact) mass is 511 g/mol. The highest BCUT2D eigenvalue weighted by Crippen LogP contribution is 2.39. The van der Waals surface area contributed by atoms with Crippen molar-refractivity contribution in [2.75, 3.05) is 29.2 Å².